The molecule has 3 heterocycles. The minimum Gasteiger partial charge on any atom is -0.329 e. The Kier molecular flexibility index (Phi) is 4.25. The van der Waals surface area contributed by atoms with Gasteiger partial charge in [0.15, 0.2) is 0 Å². The van der Waals surface area contributed by atoms with E-state index in [2.05, 4.69) is 16.3 Å². The average molecular weight is 382 g/mol. The van der Waals surface area contributed by atoms with Crippen molar-refractivity contribution in [1.29, 1.82) is 0 Å². The van der Waals surface area contributed by atoms with Crippen LogP contribution in [0.5, 0.6) is 0 Å². The molecule has 2 bridgehead atoms. The van der Waals surface area contributed by atoms with Gasteiger partial charge in [-0.15, -0.1) is 0 Å². The first-order valence-corrected chi connectivity index (χ1v) is 10.3. The highest BCUT2D eigenvalue weighted by atomic mass is 16.2. The molecule has 7 nitrogen and oxygen atoms in total. The average Bonchev–Trinajstić information content (AvgIpc) is 3.36. The third kappa shape index (κ3) is 2.76. The van der Waals surface area contributed by atoms with Crippen LogP contribution in [0.3, 0.4) is 0 Å². The molecule has 4 atom stereocenters. The summed E-state index contributed by atoms with van der Waals surface area (Å²) in [4.78, 5) is 40.6. The molecule has 3 aliphatic heterocycles. The van der Waals surface area contributed by atoms with Crippen molar-refractivity contribution in [3.05, 3.63) is 34.9 Å². The third-order valence-electron chi connectivity index (χ3n) is 7.08. The lowest BCUT2D eigenvalue weighted by Crippen LogP contribution is -2.52. The Morgan fingerprint density at radius 2 is 2.00 bits per heavy atom. The van der Waals surface area contributed by atoms with Crippen LogP contribution in [0.15, 0.2) is 18.2 Å². The molecule has 2 saturated heterocycles. The van der Waals surface area contributed by atoms with Gasteiger partial charge in [-0.05, 0) is 48.8 Å². The monoisotopic (exact) mass is 382 g/mol. The minimum atomic E-state index is -0.558. The third-order valence-corrected chi connectivity index (χ3v) is 7.08. The number of hydrogen-bond acceptors (Lipinski definition) is 5. The second-order valence-electron chi connectivity index (χ2n) is 8.59. The van der Waals surface area contributed by atoms with Crippen LogP contribution in [0.1, 0.15) is 53.6 Å². The summed E-state index contributed by atoms with van der Waals surface area (Å²) in [6, 6.07) is 6.58. The highest BCUT2D eigenvalue weighted by Crippen LogP contribution is 2.43. The fourth-order valence-corrected chi connectivity index (χ4v) is 5.70. The van der Waals surface area contributed by atoms with E-state index in [0.29, 0.717) is 37.2 Å². The summed E-state index contributed by atoms with van der Waals surface area (Å²) in [5.74, 6) is -0.0105. The Balaban J connectivity index is 1.33. The Morgan fingerprint density at radius 1 is 1.14 bits per heavy atom. The molecule has 28 heavy (non-hydrogen) atoms. The Hall–Kier alpha value is -2.25. The lowest BCUT2D eigenvalue weighted by molar-refractivity contribution is -0.136. The molecule has 1 aromatic rings. The molecular formula is C21H26N4O3. The number of likely N-dealkylation sites (tertiary alicyclic amines) is 1. The van der Waals surface area contributed by atoms with Gasteiger partial charge in [0.1, 0.15) is 6.04 Å². The zero-order valence-electron chi connectivity index (χ0n) is 15.9. The number of fused-ring (bicyclic) bond motifs is 3. The molecule has 5 rings (SSSR count). The zero-order chi connectivity index (χ0) is 19.4. The fraction of sp³-hybridized carbons (Fsp3) is 0.571. The van der Waals surface area contributed by atoms with Crippen LogP contribution in [0.25, 0.3) is 0 Å². The molecule has 0 radical (unpaired) electrons. The first-order valence-electron chi connectivity index (χ1n) is 10.3. The molecule has 0 aromatic heterocycles. The summed E-state index contributed by atoms with van der Waals surface area (Å²) in [5.41, 5.74) is 8.88. The number of carbonyl (C=O) groups excluding carboxylic acids is 3. The summed E-state index contributed by atoms with van der Waals surface area (Å²) >= 11 is 0. The van der Waals surface area contributed by atoms with Gasteiger partial charge in [0, 0.05) is 43.7 Å². The van der Waals surface area contributed by atoms with Crippen molar-refractivity contribution in [1.82, 2.24) is 15.1 Å². The van der Waals surface area contributed by atoms with Crippen LogP contribution in [-0.4, -0.2) is 52.2 Å². The van der Waals surface area contributed by atoms with Crippen molar-refractivity contribution in [3.63, 3.8) is 0 Å². The number of piperidine rings is 2. The molecule has 1 saturated carbocycles. The molecule has 1 aliphatic carbocycles. The summed E-state index contributed by atoms with van der Waals surface area (Å²) < 4.78 is 0. The molecule has 3 N–H and O–H groups in total. The molecular weight excluding hydrogens is 356 g/mol. The minimum absolute atomic E-state index is 0.115. The van der Waals surface area contributed by atoms with Crippen LogP contribution >= 0.6 is 0 Å². The van der Waals surface area contributed by atoms with Gasteiger partial charge in [0.25, 0.3) is 5.91 Å². The quantitative estimate of drug-likeness (QED) is 0.750. The topological polar surface area (TPSA) is 95.7 Å². The normalized spacial score (nSPS) is 32.2. The number of nitrogens with two attached hydrogens (primary N) is 1. The van der Waals surface area contributed by atoms with Crippen molar-refractivity contribution >= 4 is 17.7 Å². The van der Waals surface area contributed by atoms with E-state index in [4.69, 9.17) is 5.73 Å². The van der Waals surface area contributed by atoms with Crippen molar-refractivity contribution < 1.29 is 14.4 Å². The SMILES string of the molecule is NC[C@@H]1[C@H]2CC[C@H](C2)N1Cc1ccc2c(c1)CN(C1CCC(=O)NC1=O)C2=O. The Morgan fingerprint density at radius 3 is 2.79 bits per heavy atom. The van der Waals surface area contributed by atoms with Crippen molar-refractivity contribution in [2.24, 2.45) is 11.7 Å². The zero-order valence-corrected chi connectivity index (χ0v) is 15.9. The van der Waals surface area contributed by atoms with E-state index >= 15 is 0 Å². The van der Waals surface area contributed by atoms with E-state index in [1.54, 1.807) is 4.90 Å². The van der Waals surface area contributed by atoms with Gasteiger partial charge in [0.05, 0.1) is 0 Å². The largest absolute Gasteiger partial charge is 0.329 e. The summed E-state index contributed by atoms with van der Waals surface area (Å²) in [5, 5.41) is 2.35. The van der Waals surface area contributed by atoms with Crippen LogP contribution in [0, 0.1) is 5.92 Å². The van der Waals surface area contributed by atoms with Crippen LogP contribution in [0.4, 0.5) is 0 Å². The van der Waals surface area contributed by atoms with Gasteiger partial charge >= 0.3 is 0 Å². The highest BCUT2D eigenvalue weighted by Gasteiger charge is 2.45. The second-order valence-corrected chi connectivity index (χ2v) is 8.59. The standard InChI is InChI=1S/C21H26N4O3/c22-9-18-13-2-3-15(8-13)24(18)10-12-1-4-16-14(7-12)11-25(21(16)28)17-5-6-19(26)23-20(17)27/h1,4,7,13,15,17-18H,2-3,5-6,8-11,22H2,(H,23,26,27)/t13-,15+,17?,18+/m0/s1. The molecule has 3 amide bonds. The summed E-state index contributed by atoms with van der Waals surface area (Å²) in [6.45, 7) is 2.00. The number of imide groups is 1. The van der Waals surface area contributed by atoms with Crippen LogP contribution < -0.4 is 11.1 Å². The van der Waals surface area contributed by atoms with Crippen LogP contribution in [0.2, 0.25) is 0 Å². The molecule has 3 fully saturated rings. The molecule has 7 heteroatoms. The summed E-state index contributed by atoms with van der Waals surface area (Å²) in [6.07, 6.45) is 4.48. The molecule has 1 aromatic carbocycles. The predicted octanol–water partition coefficient (Wildman–Crippen LogP) is 0.759. The number of benzene rings is 1. The fourth-order valence-electron chi connectivity index (χ4n) is 5.70. The van der Waals surface area contributed by atoms with Gasteiger partial charge < -0.3 is 10.6 Å². The molecule has 4 aliphatic rings. The van der Waals surface area contributed by atoms with E-state index < -0.39 is 6.04 Å². The maximum atomic E-state index is 12.8. The number of nitrogens with one attached hydrogen (secondary N) is 1. The van der Waals surface area contributed by atoms with Gasteiger partial charge in [-0.2, -0.15) is 0 Å². The number of nitrogens with zero attached hydrogens (tertiary/aromatic N) is 2. The van der Waals surface area contributed by atoms with E-state index in [1.807, 2.05) is 12.1 Å². The van der Waals surface area contributed by atoms with Crippen molar-refractivity contribution in [2.75, 3.05) is 6.54 Å². The van der Waals surface area contributed by atoms with Gasteiger partial charge in [0.2, 0.25) is 11.8 Å². The van der Waals surface area contributed by atoms with Crippen molar-refractivity contribution in [3.8, 4) is 0 Å². The van der Waals surface area contributed by atoms with E-state index in [0.717, 1.165) is 18.0 Å². The first kappa shape index (κ1) is 17.8. The van der Waals surface area contributed by atoms with Gasteiger partial charge in [-0.1, -0.05) is 12.1 Å². The molecule has 1 unspecified atom stereocenters. The summed E-state index contributed by atoms with van der Waals surface area (Å²) in [7, 11) is 0. The number of carbonyl (C=O) groups is 3. The first-order chi connectivity index (χ1) is 13.5. The maximum absolute atomic E-state index is 12.8. The van der Waals surface area contributed by atoms with Crippen LogP contribution in [-0.2, 0) is 22.7 Å². The van der Waals surface area contributed by atoms with Gasteiger partial charge in [-0.25, -0.2) is 0 Å². The lowest BCUT2D eigenvalue weighted by Gasteiger charge is -2.34. The highest BCUT2D eigenvalue weighted by molar-refractivity contribution is 6.05. The van der Waals surface area contributed by atoms with Gasteiger partial charge in [-0.3, -0.25) is 24.6 Å². The second kappa shape index (κ2) is 6.67. The van der Waals surface area contributed by atoms with E-state index in [-0.39, 0.29) is 24.1 Å². The van der Waals surface area contributed by atoms with E-state index in [9.17, 15) is 14.4 Å². The molecule has 148 valence electrons. The number of hydrogen-bond donors (Lipinski definition) is 2. The number of amides is 3. The number of rotatable bonds is 4. The van der Waals surface area contributed by atoms with E-state index in [1.165, 1.54) is 24.8 Å². The Bertz CT molecular complexity index is 854. The maximum Gasteiger partial charge on any atom is 0.255 e. The smallest absolute Gasteiger partial charge is 0.255 e. The lowest BCUT2D eigenvalue weighted by atomic mass is 9.98. The molecule has 0 spiro atoms. The predicted molar refractivity (Wildman–Crippen MR) is 102 cm³/mol. The van der Waals surface area contributed by atoms with Crippen molar-refractivity contribution in [2.45, 2.75) is 63.3 Å². The Labute approximate surface area is 164 Å².